The summed E-state index contributed by atoms with van der Waals surface area (Å²) in [5.41, 5.74) is 1.07. The summed E-state index contributed by atoms with van der Waals surface area (Å²) in [4.78, 5) is 29.2. The fraction of sp³-hybridized carbons (Fsp3) is 0.360. The maximum atomic E-state index is 12.8. The molecule has 1 amide bonds. The Balaban J connectivity index is 1.40. The Bertz CT molecular complexity index is 1090. The number of piperazine rings is 1. The Morgan fingerprint density at radius 3 is 2.53 bits per heavy atom. The van der Waals surface area contributed by atoms with Crippen molar-refractivity contribution in [2.75, 3.05) is 60.2 Å². The number of nitrogens with zero attached hydrogens (tertiary/aromatic N) is 2. The Labute approximate surface area is 198 Å². The molecule has 9 heteroatoms. The molecule has 9 nitrogen and oxygen atoms in total. The Kier molecular flexibility index (Phi) is 7.34. The van der Waals surface area contributed by atoms with Crippen LogP contribution in [0.5, 0.6) is 23.0 Å². The molecule has 0 spiro atoms. The van der Waals surface area contributed by atoms with Crippen LogP contribution in [0, 0.1) is 0 Å². The number of fused-ring (bicyclic) bond motifs is 1. The molecule has 34 heavy (non-hydrogen) atoms. The van der Waals surface area contributed by atoms with Crippen molar-refractivity contribution < 1.29 is 33.6 Å². The number of Topliss-reactive ketones (excluding diaryl/α,β-unsaturated/α-hetero) is 1. The topological polar surface area (TPSA) is 97.8 Å². The largest absolute Gasteiger partial charge is 0.497 e. The maximum absolute atomic E-state index is 12.8. The van der Waals surface area contributed by atoms with Gasteiger partial charge in [-0.3, -0.25) is 14.5 Å². The van der Waals surface area contributed by atoms with Crippen LogP contribution in [-0.2, 0) is 4.79 Å². The van der Waals surface area contributed by atoms with Crippen LogP contribution in [0.2, 0.25) is 0 Å². The standard InChI is InChI=1S/C25H28N2O7/c1-31-18-4-6-21(32-2)17(13-18)14-23-25(30)20-5-3-19(15-22(20)34-23)33-16-24(29)27-9-7-26(8-10-27)11-12-28/h3-6,13-15,28H,7-12,16H2,1-2H3. The Hall–Kier alpha value is -3.56. The highest BCUT2D eigenvalue weighted by Crippen LogP contribution is 2.36. The molecule has 2 aromatic carbocycles. The molecule has 0 saturated carbocycles. The summed E-state index contributed by atoms with van der Waals surface area (Å²) >= 11 is 0. The first-order chi connectivity index (χ1) is 16.5. The highest BCUT2D eigenvalue weighted by atomic mass is 16.5. The minimum Gasteiger partial charge on any atom is -0.497 e. The smallest absolute Gasteiger partial charge is 0.260 e. The number of hydrogen-bond acceptors (Lipinski definition) is 8. The predicted molar refractivity (Wildman–Crippen MR) is 125 cm³/mol. The van der Waals surface area contributed by atoms with Crippen LogP contribution in [0.25, 0.3) is 6.08 Å². The first-order valence-corrected chi connectivity index (χ1v) is 11.1. The fourth-order valence-corrected chi connectivity index (χ4v) is 3.95. The highest BCUT2D eigenvalue weighted by Gasteiger charge is 2.28. The first-order valence-electron chi connectivity index (χ1n) is 11.1. The summed E-state index contributed by atoms with van der Waals surface area (Å²) < 4.78 is 22.1. The molecule has 0 aromatic heterocycles. The lowest BCUT2D eigenvalue weighted by Crippen LogP contribution is -2.50. The molecule has 2 aliphatic rings. The zero-order valence-corrected chi connectivity index (χ0v) is 19.3. The lowest BCUT2D eigenvalue weighted by Gasteiger charge is -2.34. The van der Waals surface area contributed by atoms with Crippen molar-refractivity contribution in [2.45, 2.75) is 0 Å². The van der Waals surface area contributed by atoms with Gasteiger partial charge in [-0.15, -0.1) is 0 Å². The van der Waals surface area contributed by atoms with Gasteiger partial charge in [0.05, 0.1) is 26.4 Å². The first kappa shape index (κ1) is 23.6. The molecule has 0 aliphatic carbocycles. The second-order valence-electron chi connectivity index (χ2n) is 7.94. The van der Waals surface area contributed by atoms with Crippen LogP contribution in [0.3, 0.4) is 0 Å². The molecule has 4 rings (SSSR count). The average Bonchev–Trinajstić information content (AvgIpc) is 3.17. The monoisotopic (exact) mass is 468 g/mol. The van der Waals surface area contributed by atoms with Crippen LogP contribution in [0.15, 0.2) is 42.2 Å². The Morgan fingerprint density at radius 1 is 1.06 bits per heavy atom. The number of methoxy groups -OCH3 is 2. The zero-order chi connectivity index (χ0) is 24.1. The van der Waals surface area contributed by atoms with Gasteiger partial charge in [0.1, 0.15) is 23.0 Å². The van der Waals surface area contributed by atoms with Crippen LogP contribution in [0.1, 0.15) is 15.9 Å². The molecule has 2 aromatic rings. The van der Waals surface area contributed by atoms with Gasteiger partial charge in [-0.2, -0.15) is 0 Å². The van der Waals surface area contributed by atoms with E-state index >= 15 is 0 Å². The summed E-state index contributed by atoms with van der Waals surface area (Å²) in [6.07, 6.45) is 1.62. The number of ketones is 1. The Morgan fingerprint density at radius 2 is 1.82 bits per heavy atom. The van der Waals surface area contributed by atoms with Crippen LogP contribution < -0.4 is 18.9 Å². The SMILES string of the molecule is COc1ccc(OC)c(C=C2Oc3cc(OCC(=O)N4CCN(CCO)CC4)ccc3C2=O)c1. The van der Waals surface area contributed by atoms with E-state index in [9.17, 15) is 9.59 Å². The van der Waals surface area contributed by atoms with E-state index in [2.05, 4.69) is 4.90 Å². The summed E-state index contributed by atoms with van der Waals surface area (Å²) in [5.74, 6) is 1.84. The van der Waals surface area contributed by atoms with Gasteiger partial charge in [-0.25, -0.2) is 0 Å². The summed E-state index contributed by atoms with van der Waals surface area (Å²) in [5, 5.41) is 9.03. The number of allylic oxidation sites excluding steroid dienone is 1. The van der Waals surface area contributed by atoms with Crippen molar-refractivity contribution in [2.24, 2.45) is 0 Å². The minimum absolute atomic E-state index is 0.101. The van der Waals surface area contributed by atoms with Crippen molar-refractivity contribution in [1.82, 2.24) is 9.80 Å². The summed E-state index contributed by atoms with van der Waals surface area (Å²) in [6, 6.07) is 10.2. The quantitative estimate of drug-likeness (QED) is 0.586. The average molecular weight is 469 g/mol. The van der Waals surface area contributed by atoms with Crippen molar-refractivity contribution in [1.29, 1.82) is 0 Å². The third-order valence-electron chi connectivity index (χ3n) is 5.87. The zero-order valence-electron chi connectivity index (χ0n) is 19.3. The lowest BCUT2D eigenvalue weighted by atomic mass is 10.1. The molecule has 2 heterocycles. The number of aliphatic hydroxyl groups excluding tert-OH is 1. The molecule has 1 saturated heterocycles. The number of carbonyl (C=O) groups is 2. The molecule has 0 radical (unpaired) electrons. The number of benzene rings is 2. The second-order valence-corrected chi connectivity index (χ2v) is 7.94. The molecule has 1 fully saturated rings. The number of ether oxygens (including phenoxy) is 4. The van der Waals surface area contributed by atoms with Crippen molar-refractivity contribution in [3.63, 3.8) is 0 Å². The van der Waals surface area contributed by atoms with Crippen LogP contribution in [0.4, 0.5) is 0 Å². The van der Waals surface area contributed by atoms with Gasteiger partial charge in [0.15, 0.2) is 12.4 Å². The third-order valence-corrected chi connectivity index (χ3v) is 5.87. The normalized spacial score (nSPS) is 16.9. The molecule has 2 aliphatic heterocycles. The number of β-amino-alcohol motifs (C(OH)–C–C–N with tert-alkyl or cyclic N) is 1. The number of amides is 1. The van der Waals surface area contributed by atoms with Crippen molar-refractivity contribution >= 4 is 17.8 Å². The van der Waals surface area contributed by atoms with Crippen LogP contribution in [-0.4, -0.2) is 86.8 Å². The molecule has 180 valence electrons. The van der Waals surface area contributed by atoms with Crippen molar-refractivity contribution in [3.8, 4) is 23.0 Å². The van der Waals surface area contributed by atoms with Gasteiger partial charge in [-0.05, 0) is 36.4 Å². The number of rotatable bonds is 8. The molecular weight excluding hydrogens is 440 g/mol. The van der Waals surface area contributed by atoms with E-state index in [1.54, 1.807) is 61.6 Å². The van der Waals surface area contributed by atoms with E-state index in [0.717, 1.165) is 13.1 Å². The second kappa shape index (κ2) is 10.6. The number of carbonyl (C=O) groups excluding carboxylic acids is 2. The number of hydrogen-bond donors (Lipinski definition) is 1. The molecule has 1 N–H and O–H groups in total. The predicted octanol–water partition coefficient (Wildman–Crippen LogP) is 1.84. The fourth-order valence-electron chi connectivity index (χ4n) is 3.95. The lowest BCUT2D eigenvalue weighted by molar-refractivity contribution is -0.135. The number of aliphatic hydroxyl groups is 1. The van der Waals surface area contributed by atoms with Gasteiger partial charge in [0, 0.05) is 44.4 Å². The van der Waals surface area contributed by atoms with Gasteiger partial charge >= 0.3 is 0 Å². The van der Waals surface area contributed by atoms with Gasteiger partial charge in [-0.1, -0.05) is 0 Å². The van der Waals surface area contributed by atoms with E-state index in [1.807, 2.05) is 0 Å². The summed E-state index contributed by atoms with van der Waals surface area (Å²) in [6.45, 7) is 3.30. The van der Waals surface area contributed by atoms with E-state index < -0.39 is 0 Å². The van der Waals surface area contributed by atoms with E-state index in [1.165, 1.54) is 0 Å². The van der Waals surface area contributed by atoms with Gasteiger partial charge < -0.3 is 29.0 Å². The van der Waals surface area contributed by atoms with E-state index in [4.69, 9.17) is 24.1 Å². The maximum Gasteiger partial charge on any atom is 0.260 e. The molecule has 0 atom stereocenters. The molecule has 0 unspecified atom stereocenters. The van der Waals surface area contributed by atoms with E-state index in [0.29, 0.717) is 53.8 Å². The highest BCUT2D eigenvalue weighted by molar-refractivity contribution is 6.14. The molecule has 0 bridgehead atoms. The molecular formula is C25H28N2O7. The summed E-state index contributed by atoms with van der Waals surface area (Å²) in [7, 11) is 3.12. The van der Waals surface area contributed by atoms with Gasteiger partial charge in [0.25, 0.3) is 5.91 Å². The minimum atomic E-state index is -0.247. The van der Waals surface area contributed by atoms with E-state index in [-0.39, 0.29) is 30.7 Å². The van der Waals surface area contributed by atoms with Crippen LogP contribution >= 0.6 is 0 Å². The van der Waals surface area contributed by atoms with Gasteiger partial charge in [0.2, 0.25) is 5.78 Å². The third kappa shape index (κ3) is 5.16. The van der Waals surface area contributed by atoms with Crippen molar-refractivity contribution in [3.05, 3.63) is 53.3 Å².